The molecule has 0 spiro atoms. The highest BCUT2D eigenvalue weighted by molar-refractivity contribution is 6.37. The van der Waals surface area contributed by atoms with Gasteiger partial charge in [-0.25, -0.2) is 4.79 Å². The smallest absolute Gasteiger partial charge is 0.317 e. The number of oxime groups is 1. The molecule has 1 aliphatic rings. The van der Waals surface area contributed by atoms with Crippen molar-refractivity contribution in [3.8, 4) is 0 Å². The van der Waals surface area contributed by atoms with Crippen molar-refractivity contribution in [2.45, 2.75) is 0 Å². The summed E-state index contributed by atoms with van der Waals surface area (Å²) < 4.78 is 0. The lowest BCUT2D eigenvalue weighted by molar-refractivity contribution is -0.142. The van der Waals surface area contributed by atoms with Crippen molar-refractivity contribution < 1.29 is 14.4 Å². The van der Waals surface area contributed by atoms with Gasteiger partial charge in [0.2, 0.25) is 0 Å². The average molecular weight is 300 g/mol. The molecule has 1 unspecified atom stereocenters. The Balaban J connectivity index is 2.00. The minimum atomic E-state index is -1.08. The molecule has 0 radical (unpaired) electrons. The van der Waals surface area contributed by atoms with Crippen molar-refractivity contribution >= 4 is 29.1 Å². The van der Waals surface area contributed by atoms with Crippen LogP contribution in [0.1, 0.15) is 15.9 Å². The molecule has 0 bridgehead atoms. The van der Waals surface area contributed by atoms with E-state index in [0.29, 0.717) is 16.3 Å². The third-order valence-corrected chi connectivity index (χ3v) is 3.54. The topological polar surface area (TPSA) is 55.7 Å². The number of nitrogens with zero attached hydrogens (tertiary/aromatic N) is 1. The molecule has 21 heavy (non-hydrogen) atoms. The Hall–Kier alpha value is -2.46. The predicted octanol–water partition coefficient (Wildman–Crippen LogP) is 3.10. The van der Waals surface area contributed by atoms with Crippen LogP contribution in [-0.2, 0) is 9.63 Å². The van der Waals surface area contributed by atoms with Crippen molar-refractivity contribution in [3.63, 3.8) is 0 Å². The van der Waals surface area contributed by atoms with Crippen LogP contribution in [0.3, 0.4) is 0 Å². The van der Waals surface area contributed by atoms with Crippen molar-refractivity contribution in [1.29, 1.82) is 0 Å². The van der Waals surface area contributed by atoms with Gasteiger partial charge in [0, 0.05) is 11.1 Å². The summed E-state index contributed by atoms with van der Waals surface area (Å²) in [5.41, 5.74) is 1.27. The summed E-state index contributed by atoms with van der Waals surface area (Å²) in [6.45, 7) is 0. The summed E-state index contributed by atoms with van der Waals surface area (Å²) >= 11 is 6.03. The number of rotatable bonds is 3. The highest BCUT2D eigenvalue weighted by atomic mass is 35.5. The van der Waals surface area contributed by atoms with E-state index < -0.39 is 17.7 Å². The maximum atomic E-state index is 12.6. The van der Waals surface area contributed by atoms with E-state index in [0.717, 1.165) is 0 Å². The van der Waals surface area contributed by atoms with Crippen LogP contribution in [0.25, 0.3) is 0 Å². The van der Waals surface area contributed by atoms with Crippen molar-refractivity contribution in [2.75, 3.05) is 0 Å². The minimum absolute atomic E-state index is 0.284. The lowest BCUT2D eigenvalue weighted by Crippen LogP contribution is -2.28. The first-order valence-electron chi connectivity index (χ1n) is 6.31. The average Bonchev–Trinajstić information content (AvgIpc) is 2.90. The van der Waals surface area contributed by atoms with E-state index in [1.165, 1.54) is 0 Å². The van der Waals surface area contributed by atoms with Gasteiger partial charge in [-0.3, -0.25) is 4.79 Å². The number of halogens is 1. The number of Topliss-reactive ketones (excluding diaryl/α,β-unsaturated/α-hetero) is 1. The third kappa shape index (κ3) is 2.45. The van der Waals surface area contributed by atoms with Crippen LogP contribution < -0.4 is 0 Å². The molecule has 0 saturated carbocycles. The largest absolute Gasteiger partial charge is 0.351 e. The maximum Gasteiger partial charge on any atom is 0.351 e. The van der Waals surface area contributed by atoms with Crippen LogP contribution >= 0.6 is 11.6 Å². The molecular formula is C16H10ClNO3. The molecule has 2 aromatic carbocycles. The fraction of sp³-hybridized carbons (Fsp3) is 0.0625. The van der Waals surface area contributed by atoms with Gasteiger partial charge < -0.3 is 4.84 Å². The highest BCUT2D eigenvalue weighted by Crippen LogP contribution is 2.25. The summed E-state index contributed by atoms with van der Waals surface area (Å²) in [5, 5.41) is 4.05. The van der Waals surface area contributed by atoms with Gasteiger partial charge in [-0.1, -0.05) is 59.2 Å². The van der Waals surface area contributed by atoms with E-state index in [1.807, 2.05) is 6.07 Å². The molecule has 0 N–H and O–H groups in total. The second-order valence-corrected chi connectivity index (χ2v) is 4.94. The fourth-order valence-electron chi connectivity index (χ4n) is 2.19. The van der Waals surface area contributed by atoms with E-state index in [9.17, 15) is 9.59 Å². The highest BCUT2D eigenvalue weighted by Gasteiger charge is 2.40. The lowest BCUT2D eigenvalue weighted by Gasteiger charge is -2.09. The first-order chi connectivity index (χ1) is 10.2. The molecule has 0 amide bonds. The molecule has 1 atom stereocenters. The SMILES string of the molecule is O=C1ON=C(c2ccccc2)C1C(=O)c1ccccc1Cl. The lowest BCUT2D eigenvalue weighted by atomic mass is 9.90. The Labute approximate surface area is 126 Å². The second-order valence-electron chi connectivity index (χ2n) is 4.53. The molecule has 3 rings (SSSR count). The Morgan fingerprint density at radius 3 is 2.43 bits per heavy atom. The molecule has 1 aliphatic heterocycles. The molecule has 0 fully saturated rings. The third-order valence-electron chi connectivity index (χ3n) is 3.21. The van der Waals surface area contributed by atoms with Crippen LogP contribution in [0.15, 0.2) is 59.8 Å². The van der Waals surface area contributed by atoms with Gasteiger partial charge >= 0.3 is 5.97 Å². The number of carbonyl (C=O) groups excluding carboxylic acids is 2. The molecule has 5 heteroatoms. The summed E-state index contributed by atoms with van der Waals surface area (Å²) in [7, 11) is 0. The molecule has 0 saturated heterocycles. The zero-order valence-corrected chi connectivity index (χ0v) is 11.6. The zero-order chi connectivity index (χ0) is 14.8. The monoisotopic (exact) mass is 299 g/mol. The first kappa shape index (κ1) is 13.5. The number of hydrogen-bond acceptors (Lipinski definition) is 4. The van der Waals surface area contributed by atoms with Crippen LogP contribution in [0.2, 0.25) is 5.02 Å². The summed E-state index contributed by atoms with van der Waals surface area (Å²) in [6, 6.07) is 15.6. The summed E-state index contributed by atoms with van der Waals surface area (Å²) in [4.78, 5) is 29.2. The van der Waals surface area contributed by atoms with Crippen LogP contribution in [0, 0.1) is 5.92 Å². The number of ketones is 1. The van der Waals surface area contributed by atoms with Crippen LogP contribution in [0.5, 0.6) is 0 Å². The fourth-order valence-corrected chi connectivity index (χ4v) is 2.42. The van der Waals surface area contributed by atoms with E-state index in [1.54, 1.807) is 48.5 Å². The van der Waals surface area contributed by atoms with Gasteiger partial charge in [0.1, 0.15) is 5.71 Å². The van der Waals surface area contributed by atoms with E-state index in [2.05, 4.69) is 5.16 Å². The zero-order valence-electron chi connectivity index (χ0n) is 10.8. The summed E-state index contributed by atoms with van der Waals surface area (Å²) in [6.07, 6.45) is 0. The van der Waals surface area contributed by atoms with Gasteiger partial charge in [0.15, 0.2) is 11.7 Å². The normalized spacial score (nSPS) is 17.3. The van der Waals surface area contributed by atoms with Gasteiger partial charge in [-0.2, -0.15) is 0 Å². The molecule has 104 valence electrons. The van der Waals surface area contributed by atoms with Gasteiger partial charge in [-0.05, 0) is 12.1 Å². The molecule has 0 aliphatic carbocycles. The first-order valence-corrected chi connectivity index (χ1v) is 6.69. The van der Waals surface area contributed by atoms with Gasteiger partial charge in [0.25, 0.3) is 0 Å². The van der Waals surface area contributed by atoms with E-state index >= 15 is 0 Å². The standard InChI is InChI=1S/C16H10ClNO3/c17-12-9-5-4-8-11(12)15(19)13-14(18-21-16(13)20)10-6-2-1-3-7-10/h1-9,13H. The van der Waals surface area contributed by atoms with Crippen molar-refractivity contribution in [1.82, 2.24) is 0 Å². The molecule has 2 aromatic rings. The Morgan fingerprint density at radius 1 is 1.05 bits per heavy atom. The quantitative estimate of drug-likeness (QED) is 0.497. The van der Waals surface area contributed by atoms with Gasteiger partial charge in [0.05, 0.1) is 5.02 Å². The second kappa shape index (κ2) is 5.50. The Kier molecular flexibility index (Phi) is 3.54. The van der Waals surface area contributed by atoms with Gasteiger partial charge in [-0.15, -0.1) is 0 Å². The molecular weight excluding hydrogens is 290 g/mol. The molecule has 0 aromatic heterocycles. The number of benzene rings is 2. The predicted molar refractivity (Wildman–Crippen MR) is 78.3 cm³/mol. The Bertz CT molecular complexity index is 740. The van der Waals surface area contributed by atoms with Crippen LogP contribution in [-0.4, -0.2) is 17.5 Å². The van der Waals surface area contributed by atoms with E-state index in [4.69, 9.17) is 16.4 Å². The Morgan fingerprint density at radius 2 is 1.71 bits per heavy atom. The number of hydrogen-bond donors (Lipinski definition) is 0. The molecule has 4 nitrogen and oxygen atoms in total. The maximum absolute atomic E-state index is 12.6. The van der Waals surface area contributed by atoms with Crippen LogP contribution in [0.4, 0.5) is 0 Å². The minimum Gasteiger partial charge on any atom is -0.317 e. The van der Waals surface area contributed by atoms with E-state index in [-0.39, 0.29) is 5.56 Å². The summed E-state index contributed by atoms with van der Waals surface area (Å²) in [5.74, 6) is -2.17. The molecule has 1 heterocycles. The van der Waals surface area contributed by atoms with Crippen molar-refractivity contribution in [3.05, 3.63) is 70.7 Å². The number of carbonyl (C=O) groups is 2. The van der Waals surface area contributed by atoms with Crippen molar-refractivity contribution in [2.24, 2.45) is 11.1 Å².